The number of fused-ring (bicyclic) bond motifs is 1. The predicted octanol–water partition coefficient (Wildman–Crippen LogP) is 3.20. The fourth-order valence-corrected chi connectivity index (χ4v) is 4.85. The summed E-state index contributed by atoms with van der Waals surface area (Å²) in [5.41, 5.74) is 0.990. The molecule has 3 rings (SSSR count). The van der Waals surface area contributed by atoms with E-state index >= 15 is 0 Å². The molecule has 1 fully saturated rings. The van der Waals surface area contributed by atoms with Crippen molar-refractivity contribution in [3.8, 4) is 0 Å². The molecule has 0 amide bonds. The molecule has 3 nitrogen and oxygen atoms in total. The Kier molecular flexibility index (Phi) is 4.13. The lowest BCUT2D eigenvalue weighted by Crippen LogP contribution is -2.23. The summed E-state index contributed by atoms with van der Waals surface area (Å²) in [6, 6.07) is 8.33. The third-order valence-corrected chi connectivity index (χ3v) is 6.10. The van der Waals surface area contributed by atoms with Gasteiger partial charge in [0.2, 0.25) is 0 Å². The van der Waals surface area contributed by atoms with Crippen LogP contribution in [0.1, 0.15) is 5.69 Å². The Morgan fingerprint density at radius 2 is 2.05 bits per heavy atom. The smallest absolute Gasteiger partial charge is 0.156 e. The van der Waals surface area contributed by atoms with E-state index < -0.39 is 0 Å². The molecule has 19 heavy (non-hydrogen) atoms. The van der Waals surface area contributed by atoms with Crippen LogP contribution in [0.2, 0.25) is 0 Å². The van der Waals surface area contributed by atoms with Crippen LogP contribution < -0.4 is 5.32 Å². The van der Waals surface area contributed by atoms with Crippen LogP contribution in [0.5, 0.6) is 0 Å². The molecule has 0 bridgehead atoms. The van der Waals surface area contributed by atoms with Gasteiger partial charge in [-0.3, -0.25) is 0 Å². The molecule has 0 saturated carbocycles. The molecule has 100 valence electrons. The highest BCUT2D eigenvalue weighted by molar-refractivity contribution is 8.06. The minimum atomic E-state index is 0.681. The van der Waals surface area contributed by atoms with E-state index in [0.29, 0.717) is 5.25 Å². The molecule has 0 spiro atoms. The fraction of sp³-hybridized carbons (Fsp3) is 0.429. The Morgan fingerprint density at radius 3 is 2.84 bits per heavy atom. The number of hydrogen-bond acceptors (Lipinski definition) is 5. The van der Waals surface area contributed by atoms with Crippen molar-refractivity contribution < 1.29 is 0 Å². The lowest BCUT2D eigenvalue weighted by Gasteiger charge is -2.21. The molecule has 1 aromatic heterocycles. The van der Waals surface area contributed by atoms with Crippen molar-refractivity contribution in [3.05, 3.63) is 30.0 Å². The lowest BCUT2D eigenvalue weighted by atomic mass is 10.1. The standard InChI is InChI=1S/C14H17N3S2/c1-10-12-4-2-3-5-13(12)14(17-16-10)15-8-11-9-18-6-7-19-11/h2-5,11H,6-9H2,1H3,(H,15,17). The summed E-state index contributed by atoms with van der Waals surface area (Å²) in [4.78, 5) is 0. The number of thioether (sulfide) groups is 2. The van der Waals surface area contributed by atoms with Gasteiger partial charge in [-0.25, -0.2) is 0 Å². The third kappa shape index (κ3) is 2.98. The van der Waals surface area contributed by atoms with Crippen LogP contribution in [0.15, 0.2) is 24.3 Å². The predicted molar refractivity (Wildman–Crippen MR) is 86.3 cm³/mol. The van der Waals surface area contributed by atoms with Crippen molar-refractivity contribution >= 4 is 40.1 Å². The number of anilines is 1. The first-order chi connectivity index (χ1) is 9.34. The molecule has 1 atom stereocenters. The van der Waals surface area contributed by atoms with E-state index in [1.54, 1.807) is 0 Å². The van der Waals surface area contributed by atoms with Gasteiger partial charge in [0.25, 0.3) is 0 Å². The summed E-state index contributed by atoms with van der Waals surface area (Å²) in [6.07, 6.45) is 0. The van der Waals surface area contributed by atoms with Crippen LogP contribution in [0, 0.1) is 6.92 Å². The summed E-state index contributed by atoms with van der Waals surface area (Å²) >= 11 is 4.11. The van der Waals surface area contributed by atoms with Crippen LogP contribution >= 0.6 is 23.5 Å². The number of nitrogens with zero attached hydrogens (tertiary/aromatic N) is 2. The fourth-order valence-electron chi connectivity index (χ4n) is 2.23. The molecule has 1 aliphatic rings. The van der Waals surface area contributed by atoms with Gasteiger partial charge < -0.3 is 5.32 Å². The molecule has 1 saturated heterocycles. The molecule has 5 heteroatoms. The van der Waals surface area contributed by atoms with Crippen LogP contribution in [-0.4, -0.2) is 39.3 Å². The second kappa shape index (κ2) is 6.01. The zero-order chi connectivity index (χ0) is 13.1. The maximum atomic E-state index is 4.31. The Balaban J connectivity index is 1.79. The van der Waals surface area contributed by atoms with Gasteiger partial charge in [-0.15, -0.1) is 5.10 Å². The van der Waals surface area contributed by atoms with Gasteiger partial charge in [0.1, 0.15) is 0 Å². The summed E-state index contributed by atoms with van der Waals surface area (Å²) < 4.78 is 0. The molecule has 2 aromatic rings. The van der Waals surface area contributed by atoms with Gasteiger partial charge >= 0.3 is 0 Å². The third-order valence-electron chi connectivity index (χ3n) is 3.25. The topological polar surface area (TPSA) is 37.8 Å². The molecule has 1 aromatic carbocycles. The average Bonchev–Trinajstić information content (AvgIpc) is 2.48. The quantitative estimate of drug-likeness (QED) is 0.940. The van der Waals surface area contributed by atoms with Crippen molar-refractivity contribution in [1.82, 2.24) is 10.2 Å². The summed E-state index contributed by atoms with van der Waals surface area (Å²) in [5.74, 6) is 4.69. The highest BCUT2D eigenvalue weighted by Crippen LogP contribution is 2.26. The summed E-state index contributed by atoms with van der Waals surface area (Å²) in [5, 5.41) is 15.1. The Hall–Kier alpha value is -0.940. The van der Waals surface area contributed by atoms with Crippen molar-refractivity contribution in [2.75, 3.05) is 29.1 Å². The molecule has 0 radical (unpaired) electrons. The van der Waals surface area contributed by atoms with E-state index in [1.165, 1.54) is 28.0 Å². The maximum absolute atomic E-state index is 4.31. The normalized spacial score (nSPS) is 19.5. The van der Waals surface area contributed by atoms with E-state index in [0.717, 1.165) is 18.1 Å². The van der Waals surface area contributed by atoms with Crippen LogP contribution in [-0.2, 0) is 0 Å². The number of benzene rings is 1. The monoisotopic (exact) mass is 291 g/mol. The van der Waals surface area contributed by atoms with E-state index in [9.17, 15) is 0 Å². The molecule has 0 aliphatic carbocycles. The van der Waals surface area contributed by atoms with E-state index in [-0.39, 0.29) is 0 Å². The van der Waals surface area contributed by atoms with Gasteiger partial charge in [-0.2, -0.15) is 28.6 Å². The van der Waals surface area contributed by atoms with Gasteiger partial charge in [-0.05, 0) is 6.92 Å². The SMILES string of the molecule is Cc1nnc(NCC2CSCCS2)c2ccccc12. The van der Waals surface area contributed by atoms with Gasteiger partial charge in [0, 0.05) is 39.8 Å². The Bertz CT molecular complexity index is 568. The highest BCUT2D eigenvalue weighted by atomic mass is 32.2. The molecular formula is C14H17N3S2. The summed E-state index contributed by atoms with van der Waals surface area (Å²) in [6.45, 7) is 2.98. The first kappa shape index (κ1) is 13.1. The van der Waals surface area contributed by atoms with Crippen LogP contribution in [0.3, 0.4) is 0 Å². The molecule has 1 N–H and O–H groups in total. The van der Waals surface area contributed by atoms with Gasteiger partial charge in [0.05, 0.1) is 5.69 Å². The second-order valence-electron chi connectivity index (χ2n) is 4.63. The maximum Gasteiger partial charge on any atom is 0.156 e. The minimum Gasteiger partial charge on any atom is -0.367 e. The Labute approximate surface area is 122 Å². The lowest BCUT2D eigenvalue weighted by molar-refractivity contribution is 0.954. The van der Waals surface area contributed by atoms with E-state index in [2.05, 4.69) is 51.5 Å². The van der Waals surface area contributed by atoms with Crippen molar-refractivity contribution in [3.63, 3.8) is 0 Å². The number of nitrogens with one attached hydrogen (secondary N) is 1. The molecular weight excluding hydrogens is 274 g/mol. The molecule has 1 aliphatic heterocycles. The number of aryl methyl sites for hydroxylation is 1. The zero-order valence-electron chi connectivity index (χ0n) is 10.9. The zero-order valence-corrected chi connectivity index (χ0v) is 12.6. The van der Waals surface area contributed by atoms with Crippen molar-refractivity contribution in [2.45, 2.75) is 12.2 Å². The highest BCUT2D eigenvalue weighted by Gasteiger charge is 2.15. The first-order valence-corrected chi connectivity index (χ1v) is 8.70. The second-order valence-corrected chi connectivity index (χ2v) is 7.19. The van der Waals surface area contributed by atoms with Crippen molar-refractivity contribution in [2.24, 2.45) is 0 Å². The Morgan fingerprint density at radius 1 is 1.21 bits per heavy atom. The number of rotatable bonds is 3. The first-order valence-electron chi connectivity index (χ1n) is 6.50. The minimum absolute atomic E-state index is 0.681. The largest absolute Gasteiger partial charge is 0.367 e. The van der Waals surface area contributed by atoms with Gasteiger partial charge in [0.15, 0.2) is 5.82 Å². The van der Waals surface area contributed by atoms with Crippen LogP contribution in [0.25, 0.3) is 10.8 Å². The molecule has 2 heterocycles. The van der Waals surface area contributed by atoms with E-state index in [4.69, 9.17) is 0 Å². The number of aromatic nitrogens is 2. The molecule has 1 unspecified atom stereocenters. The number of hydrogen-bond donors (Lipinski definition) is 1. The van der Waals surface area contributed by atoms with Crippen molar-refractivity contribution in [1.29, 1.82) is 0 Å². The van der Waals surface area contributed by atoms with Crippen LogP contribution in [0.4, 0.5) is 5.82 Å². The van der Waals surface area contributed by atoms with Gasteiger partial charge in [-0.1, -0.05) is 24.3 Å². The summed E-state index contributed by atoms with van der Waals surface area (Å²) in [7, 11) is 0. The average molecular weight is 291 g/mol. The van der Waals surface area contributed by atoms with E-state index in [1.807, 2.05) is 18.7 Å².